The van der Waals surface area contributed by atoms with Crippen LogP contribution < -0.4 is 5.73 Å². The van der Waals surface area contributed by atoms with Crippen LogP contribution in [0.5, 0.6) is 0 Å². The average molecular weight is 235 g/mol. The van der Waals surface area contributed by atoms with Gasteiger partial charge in [-0.25, -0.2) is 9.37 Å². The second kappa shape index (κ2) is 4.84. The molecule has 1 aromatic carbocycles. The van der Waals surface area contributed by atoms with Gasteiger partial charge in [-0.2, -0.15) is 0 Å². The number of nitrogens with zero attached hydrogens (tertiary/aromatic N) is 2. The summed E-state index contributed by atoms with van der Waals surface area (Å²) in [6.45, 7) is 4.88. The predicted molar refractivity (Wildman–Crippen MR) is 67.3 cm³/mol. The minimum Gasteiger partial charge on any atom is -0.328 e. The summed E-state index contributed by atoms with van der Waals surface area (Å²) in [7, 11) is 0. The van der Waals surface area contributed by atoms with Gasteiger partial charge in [-0.1, -0.05) is 6.92 Å². The number of hydrogen-bond donors (Lipinski definition) is 1. The van der Waals surface area contributed by atoms with Crippen LogP contribution in [0.15, 0.2) is 18.2 Å². The molecule has 1 aromatic heterocycles. The second-order valence-corrected chi connectivity index (χ2v) is 4.28. The first-order valence-corrected chi connectivity index (χ1v) is 6.06. The summed E-state index contributed by atoms with van der Waals surface area (Å²) < 4.78 is 15.3. The van der Waals surface area contributed by atoms with Gasteiger partial charge in [0.15, 0.2) is 0 Å². The van der Waals surface area contributed by atoms with Crippen LogP contribution in [0.25, 0.3) is 11.0 Å². The molecule has 0 aliphatic heterocycles. The number of imidazole rings is 1. The van der Waals surface area contributed by atoms with Crippen LogP contribution in [0, 0.1) is 5.82 Å². The summed E-state index contributed by atoms with van der Waals surface area (Å²) in [4.78, 5) is 4.53. The fourth-order valence-corrected chi connectivity index (χ4v) is 2.03. The van der Waals surface area contributed by atoms with Crippen molar-refractivity contribution in [1.82, 2.24) is 9.55 Å². The lowest BCUT2D eigenvalue weighted by Gasteiger charge is -2.10. The number of halogens is 1. The number of benzene rings is 1. The van der Waals surface area contributed by atoms with Crippen LogP contribution in [0.1, 0.15) is 26.1 Å². The van der Waals surface area contributed by atoms with Gasteiger partial charge >= 0.3 is 0 Å². The molecule has 0 amide bonds. The summed E-state index contributed by atoms with van der Waals surface area (Å²) in [5.41, 5.74) is 7.64. The molecule has 17 heavy (non-hydrogen) atoms. The van der Waals surface area contributed by atoms with Crippen LogP contribution in [-0.2, 0) is 13.0 Å². The van der Waals surface area contributed by atoms with E-state index in [-0.39, 0.29) is 11.9 Å². The Hall–Kier alpha value is -1.42. The zero-order valence-corrected chi connectivity index (χ0v) is 10.3. The summed E-state index contributed by atoms with van der Waals surface area (Å²) in [5.74, 6) is 0.723. The Labute approximate surface area is 100 Å². The molecule has 2 N–H and O–H groups in total. The monoisotopic (exact) mass is 235 g/mol. The number of fused-ring (bicyclic) bond motifs is 1. The van der Waals surface area contributed by atoms with E-state index in [1.807, 2.05) is 11.5 Å². The number of nitrogens with two attached hydrogens (primary N) is 1. The van der Waals surface area contributed by atoms with Gasteiger partial charge < -0.3 is 10.3 Å². The predicted octanol–water partition coefficient (Wildman–Crippen LogP) is 2.48. The summed E-state index contributed by atoms with van der Waals surface area (Å²) in [5, 5.41) is 0. The molecule has 1 heterocycles. The first-order chi connectivity index (χ1) is 8.15. The molecule has 0 saturated heterocycles. The van der Waals surface area contributed by atoms with Gasteiger partial charge in [-0.3, -0.25) is 0 Å². The number of aryl methyl sites for hydroxylation is 1. The van der Waals surface area contributed by atoms with Gasteiger partial charge in [0.05, 0.1) is 11.0 Å². The van der Waals surface area contributed by atoms with Gasteiger partial charge in [0.2, 0.25) is 0 Å². The van der Waals surface area contributed by atoms with E-state index in [1.54, 1.807) is 6.07 Å². The van der Waals surface area contributed by atoms with E-state index >= 15 is 0 Å². The van der Waals surface area contributed by atoms with Gasteiger partial charge in [-0.15, -0.1) is 0 Å². The topological polar surface area (TPSA) is 43.8 Å². The van der Waals surface area contributed by atoms with Crippen LogP contribution in [0.2, 0.25) is 0 Å². The maximum atomic E-state index is 13.2. The molecule has 0 spiro atoms. The van der Waals surface area contributed by atoms with Crippen molar-refractivity contribution in [3.05, 3.63) is 29.8 Å². The lowest BCUT2D eigenvalue weighted by Crippen LogP contribution is -2.23. The first kappa shape index (κ1) is 12.0. The van der Waals surface area contributed by atoms with Crippen molar-refractivity contribution in [3.8, 4) is 0 Å². The average Bonchev–Trinajstić information content (AvgIpc) is 2.65. The van der Waals surface area contributed by atoms with Crippen molar-refractivity contribution < 1.29 is 4.39 Å². The van der Waals surface area contributed by atoms with Crippen molar-refractivity contribution >= 4 is 11.0 Å². The minimum absolute atomic E-state index is 0.113. The number of hydrogen-bond acceptors (Lipinski definition) is 2. The Morgan fingerprint density at radius 3 is 2.82 bits per heavy atom. The molecule has 2 aromatic rings. The maximum Gasteiger partial charge on any atom is 0.125 e. The highest BCUT2D eigenvalue weighted by Crippen LogP contribution is 2.18. The zero-order valence-electron chi connectivity index (χ0n) is 10.3. The smallest absolute Gasteiger partial charge is 0.125 e. The Kier molecular flexibility index (Phi) is 3.43. The number of aromatic nitrogens is 2. The van der Waals surface area contributed by atoms with E-state index in [0.29, 0.717) is 0 Å². The van der Waals surface area contributed by atoms with Gasteiger partial charge in [0.1, 0.15) is 11.6 Å². The fraction of sp³-hybridized carbons (Fsp3) is 0.462. The third kappa shape index (κ3) is 2.31. The molecule has 0 aliphatic carbocycles. The van der Waals surface area contributed by atoms with E-state index in [9.17, 15) is 4.39 Å². The Balaban J connectivity index is 2.48. The zero-order chi connectivity index (χ0) is 12.4. The van der Waals surface area contributed by atoms with Crippen molar-refractivity contribution in [2.24, 2.45) is 5.73 Å². The van der Waals surface area contributed by atoms with E-state index in [1.165, 1.54) is 12.1 Å². The Morgan fingerprint density at radius 2 is 2.18 bits per heavy atom. The molecule has 0 bridgehead atoms. The van der Waals surface area contributed by atoms with Crippen molar-refractivity contribution in [1.29, 1.82) is 0 Å². The van der Waals surface area contributed by atoms with Crippen LogP contribution in [0.4, 0.5) is 4.39 Å². The molecular formula is C13H18FN3. The third-order valence-corrected chi connectivity index (χ3v) is 3.07. The summed E-state index contributed by atoms with van der Waals surface area (Å²) in [6.07, 6.45) is 1.65. The third-order valence-electron chi connectivity index (χ3n) is 3.07. The summed E-state index contributed by atoms with van der Waals surface area (Å²) >= 11 is 0. The van der Waals surface area contributed by atoms with Gasteiger partial charge in [0, 0.05) is 19.0 Å². The van der Waals surface area contributed by atoms with Crippen molar-refractivity contribution in [3.63, 3.8) is 0 Å². The van der Waals surface area contributed by atoms with Gasteiger partial charge in [-0.05, 0) is 31.5 Å². The molecule has 0 saturated carbocycles. The Morgan fingerprint density at radius 1 is 1.41 bits per heavy atom. The molecule has 0 aliphatic rings. The highest BCUT2D eigenvalue weighted by molar-refractivity contribution is 5.76. The van der Waals surface area contributed by atoms with Crippen molar-refractivity contribution in [2.45, 2.75) is 39.3 Å². The standard InChI is InChI=1S/C13H18FN3/c1-3-10(15)8-13-16-11-6-5-9(14)7-12(11)17(13)4-2/h5-7,10H,3-4,8,15H2,1-2H3. The van der Waals surface area contributed by atoms with Crippen molar-refractivity contribution in [2.75, 3.05) is 0 Å². The normalized spacial score (nSPS) is 13.2. The van der Waals surface area contributed by atoms with Gasteiger partial charge in [0.25, 0.3) is 0 Å². The molecule has 0 fully saturated rings. The SMILES string of the molecule is CCC(N)Cc1nc2ccc(F)cc2n1CC. The van der Waals surface area contributed by atoms with Crippen LogP contribution in [0.3, 0.4) is 0 Å². The molecule has 1 unspecified atom stereocenters. The summed E-state index contributed by atoms with van der Waals surface area (Å²) in [6, 6.07) is 4.81. The van der Waals surface area contributed by atoms with Crippen LogP contribution in [-0.4, -0.2) is 15.6 Å². The molecular weight excluding hydrogens is 217 g/mol. The van der Waals surface area contributed by atoms with E-state index < -0.39 is 0 Å². The molecule has 3 nitrogen and oxygen atoms in total. The largest absolute Gasteiger partial charge is 0.328 e. The lowest BCUT2D eigenvalue weighted by atomic mass is 10.1. The lowest BCUT2D eigenvalue weighted by molar-refractivity contribution is 0.596. The van der Waals surface area contributed by atoms with E-state index in [4.69, 9.17) is 5.73 Å². The second-order valence-electron chi connectivity index (χ2n) is 4.28. The molecule has 92 valence electrons. The molecule has 4 heteroatoms. The quantitative estimate of drug-likeness (QED) is 0.884. The highest BCUT2D eigenvalue weighted by atomic mass is 19.1. The minimum atomic E-state index is -0.224. The maximum absolute atomic E-state index is 13.2. The molecule has 1 atom stereocenters. The Bertz CT molecular complexity index is 519. The fourth-order valence-electron chi connectivity index (χ4n) is 2.03. The molecule has 2 rings (SSSR count). The highest BCUT2D eigenvalue weighted by Gasteiger charge is 2.12. The van der Waals surface area contributed by atoms with E-state index in [2.05, 4.69) is 11.9 Å². The first-order valence-electron chi connectivity index (χ1n) is 6.06. The van der Waals surface area contributed by atoms with E-state index in [0.717, 1.165) is 36.2 Å². The number of rotatable bonds is 4. The van der Waals surface area contributed by atoms with Crippen LogP contribution >= 0.6 is 0 Å². The molecule has 0 radical (unpaired) electrons.